The Bertz CT molecular complexity index is 1040. The van der Waals surface area contributed by atoms with E-state index in [2.05, 4.69) is 47.5 Å². The van der Waals surface area contributed by atoms with Crippen LogP contribution in [-0.4, -0.2) is 67.3 Å². The first kappa shape index (κ1) is 21.9. The predicted molar refractivity (Wildman–Crippen MR) is 127 cm³/mol. The lowest BCUT2D eigenvalue weighted by atomic mass is 10.1. The molecule has 0 unspecified atom stereocenters. The van der Waals surface area contributed by atoms with Crippen LogP contribution in [0.3, 0.4) is 0 Å². The fraction of sp³-hybridized carbons (Fsp3) is 0.478. The molecule has 3 aromatic rings. The molecule has 0 bridgehead atoms. The molecule has 0 saturated carbocycles. The molecule has 0 aliphatic carbocycles. The van der Waals surface area contributed by atoms with Gasteiger partial charge in [0.05, 0.1) is 11.1 Å². The topological polar surface area (TPSA) is 46.4 Å². The van der Waals surface area contributed by atoms with Gasteiger partial charge < -0.3 is 19.1 Å². The Hall–Kier alpha value is -2.29. The summed E-state index contributed by atoms with van der Waals surface area (Å²) < 4.78 is 22.0. The van der Waals surface area contributed by atoms with Crippen molar-refractivity contribution in [2.75, 3.05) is 44.7 Å². The van der Waals surface area contributed by atoms with Crippen LogP contribution in [-0.2, 0) is 11.5 Å². The average Bonchev–Trinajstić information content (AvgIpc) is 3.10. The number of aromatic nitrogens is 3. The van der Waals surface area contributed by atoms with E-state index in [1.165, 1.54) is 12.3 Å². The fourth-order valence-corrected chi connectivity index (χ4v) is 4.69. The Morgan fingerprint density at radius 1 is 1.06 bits per heavy atom. The van der Waals surface area contributed by atoms with E-state index in [4.69, 9.17) is 9.72 Å². The number of pyridine rings is 2. The second-order valence-electron chi connectivity index (χ2n) is 9.55. The Morgan fingerprint density at radius 3 is 2.52 bits per heavy atom. The van der Waals surface area contributed by atoms with E-state index in [1.54, 1.807) is 0 Å². The molecule has 1 aliphatic rings. The van der Waals surface area contributed by atoms with E-state index in [1.807, 2.05) is 23.0 Å². The molecular weight excluding hydrogens is 409 g/mol. The third-order valence-corrected chi connectivity index (χ3v) is 7.55. The van der Waals surface area contributed by atoms with Gasteiger partial charge in [0.25, 0.3) is 0 Å². The maximum atomic E-state index is 13.9. The van der Waals surface area contributed by atoms with Crippen molar-refractivity contribution in [1.82, 2.24) is 19.4 Å². The van der Waals surface area contributed by atoms with Crippen LogP contribution < -0.4 is 4.90 Å². The number of ether oxygens (including phenoxy) is 1. The van der Waals surface area contributed by atoms with E-state index < -0.39 is 14.0 Å². The summed E-state index contributed by atoms with van der Waals surface area (Å²) >= 11 is 0. The zero-order valence-corrected chi connectivity index (χ0v) is 19.9. The predicted octanol–water partition coefficient (Wildman–Crippen LogP) is 4.30. The molecule has 0 spiro atoms. The molecule has 1 fully saturated rings. The van der Waals surface area contributed by atoms with E-state index in [0.29, 0.717) is 6.73 Å². The molecule has 4 heterocycles. The van der Waals surface area contributed by atoms with Crippen LogP contribution >= 0.6 is 0 Å². The second kappa shape index (κ2) is 9.06. The van der Waals surface area contributed by atoms with Crippen LogP contribution in [0, 0.1) is 5.95 Å². The van der Waals surface area contributed by atoms with Gasteiger partial charge in [0.15, 0.2) is 0 Å². The SMILES string of the molecule is CN1CCN(c2ccnc3c2c(-c2ccnc(F)c2)cn3COCC[Si](C)(C)C)CC1. The van der Waals surface area contributed by atoms with E-state index >= 15 is 0 Å². The number of rotatable bonds is 7. The van der Waals surface area contributed by atoms with Crippen molar-refractivity contribution in [3.63, 3.8) is 0 Å². The number of piperazine rings is 1. The lowest BCUT2D eigenvalue weighted by Crippen LogP contribution is -2.44. The van der Waals surface area contributed by atoms with Crippen LogP contribution in [0.2, 0.25) is 25.7 Å². The van der Waals surface area contributed by atoms with Crippen LogP contribution in [0.1, 0.15) is 0 Å². The van der Waals surface area contributed by atoms with E-state index in [0.717, 1.165) is 66.7 Å². The van der Waals surface area contributed by atoms with Crippen molar-refractivity contribution >= 4 is 24.8 Å². The van der Waals surface area contributed by atoms with Crippen LogP contribution in [0.5, 0.6) is 0 Å². The van der Waals surface area contributed by atoms with Crippen LogP contribution in [0.4, 0.5) is 10.1 Å². The third kappa shape index (κ3) is 5.14. The summed E-state index contributed by atoms with van der Waals surface area (Å²) in [7, 11) is 1.00. The Kier molecular flexibility index (Phi) is 6.41. The Morgan fingerprint density at radius 2 is 1.81 bits per heavy atom. The van der Waals surface area contributed by atoms with Crippen molar-refractivity contribution in [3.05, 3.63) is 42.7 Å². The molecule has 1 aliphatic heterocycles. The number of nitrogens with zero attached hydrogens (tertiary/aromatic N) is 5. The number of hydrogen-bond acceptors (Lipinski definition) is 5. The zero-order chi connectivity index (χ0) is 22.0. The molecule has 8 heteroatoms. The smallest absolute Gasteiger partial charge is 0.213 e. The molecule has 3 aromatic heterocycles. The third-order valence-electron chi connectivity index (χ3n) is 5.84. The lowest BCUT2D eigenvalue weighted by molar-refractivity contribution is 0.0899. The van der Waals surface area contributed by atoms with Crippen molar-refractivity contribution in [1.29, 1.82) is 0 Å². The highest BCUT2D eigenvalue weighted by Crippen LogP contribution is 2.37. The minimum Gasteiger partial charge on any atom is -0.368 e. The lowest BCUT2D eigenvalue weighted by Gasteiger charge is -2.34. The van der Waals surface area contributed by atoms with Gasteiger partial charge >= 0.3 is 0 Å². The van der Waals surface area contributed by atoms with Gasteiger partial charge in [0.2, 0.25) is 5.95 Å². The quantitative estimate of drug-likeness (QED) is 0.311. The highest BCUT2D eigenvalue weighted by Gasteiger charge is 2.22. The maximum Gasteiger partial charge on any atom is 0.213 e. The highest BCUT2D eigenvalue weighted by molar-refractivity contribution is 6.76. The van der Waals surface area contributed by atoms with Gasteiger partial charge in [0, 0.05) is 71.1 Å². The number of anilines is 1. The summed E-state index contributed by atoms with van der Waals surface area (Å²) in [6, 6.07) is 6.54. The van der Waals surface area contributed by atoms with Gasteiger partial charge in [0.1, 0.15) is 12.4 Å². The first-order valence-electron chi connectivity index (χ1n) is 10.9. The summed E-state index contributed by atoms with van der Waals surface area (Å²) in [4.78, 5) is 13.2. The maximum absolute atomic E-state index is 13.9. The molecule has 31 heavy (non-hydrogen) atoms. The zero-order valence-electron chi connectivity index (χ0n) is 18.9. The first-order valence-corrected chi connectivity index (χ1v) is 14.6. The van der Waals surface area contributed by atoms with Gasteiger partial charge in [-0.2, -0.15) is 4.39 Å². The molecule has 0 N–H and O–H groups in total. The van der Waals surface area contributed by atoms with Crippen LogP contribution in [0.15, 0.2) is 36.8 Å². The summed E-state index contributed by atoms with van der Waals surface area (Å²) in [5, 5.41) is 1.05. The molecule has 166 valence electrons. The fourth-order valence-electron chi connectivity index (χ4n) is 3.94. The van der Waals surface area contributed by atoms with Gasteiger partial charge in [-0.25, -0.2) is 9.97 Å². The van der Waals surface area contributed by atoms with E-state index in [9.17, 15) is 4.39 Å². The minimum absolute atomic E-state index is 0.438. The van der Waals surface area contributed by atoms with Crippen molar-refractivity contribution in [2.24, 2.45) is 0 Å². The first-order chi connectivity index (χ1) is 14.8. The molecule has 0 atom stereocenters. The number of fused-ring (bicyclic) bond motifs is 1. The van der Waals surface area contributed by atoms with Crippen molar-refractivity contribution in [3.8, 4) is 11.1 Å². The Labute approximate surface area is 184 Å². The molecular formula is C23H32FN5OSi. The van der Waals surface area contributed by atoms with E-state index in [-0.39, 0.29) is 0 Å². The molecule has 4 rings (SSSR count). The number of halogens is 1. The van der Waals surface area contributed by atoms with Gasteiger partial charge in [-0.3, -0.25) is 0 Å². The Balaban J connectivity index is 1.73. The number of likely N-dealkylation sites (N-methyl/N-ethyl adjacent to an activating group) is 1. The summed E-state index contributed by atoms with van der Waals surface area (Å²) in [5.74, 6) is -0.477. The molecule has 0 radical (unpaired) electrons. The summed E-state index contributed by atoms with van der Waals surface area (Å²) in [6.45, 7) is 12.2. The average molecular weight is 442 g/mol. The summed E-state index contributed by atoms with van der Waals surface area (Å²) in [5.41, 5.74) is 3.79. The second-order valence-corrected chi connectivity index (χ2v) is 15.2. The van der Waals surface area contributed by atoms with Gasteiger partial charge in [-0.05, 0) is 30.8 Å². The molecule has 0 amide bonds. The molecule has 0 aromatic carbocycles. The summed E-state index contributed by atoms with van der Waals surface area (Å²) in [6.07, 6.45) is 5.43. The van der Waals surface area contributed by atoms with Crippen LogP contribution in [0.25, 0.3) is 22.2 Å². The standard InChI is InChI=1S/C23H32FN5OSi/c1-27-9-11-28(12-10-27)20-6-8-26-23-22(20)19(18-5-7-25-21(24)15-18)16-29(23)17-30-13-14-31(2,3)4/h5-8,15-16H,9-14,17H2,1-4H3. The minimum atomic E-state index is -1.15. The highest BCUT2D eigenvalue weighted by atomic mass is 28.3. The van der Waals surface area contributed by atoms with Gasteiger partial charge in [-0.1, -0.05) is 19.6 Å². The van der Waals surface area contributed by atoms with Crippen molar-refractivity contribution < 1.29 is 9.13 Å². The monoisotopic (exact) mass is 441 g/mol. The largest absolute Gasteiger partial charge is 0.368 e. The number of hydrogen-bond donors (Lipinski definition) is 0. The van der Waals surface area contributed by atoms with Crippen molar-refractivity contribution in [2.45, 2.75) is 32.4 Å². The molecule has 6 nitrogen and oxygen atoms in total. The molecule has 1 saturated heterocycles. The normalized spacial score (nSPS) is 15.7. The van der Waals surface area contributed by atoms with Gasteiger partial charge in [-0.15, -0.1) is 0 Å².